The molecule has 1 fully saturated rings. The summed E-state index contributed by atoms with van der Waals surface area (Å²) in [7, 11) is 0. The predicted octanol–water partition coefficient (Wildman–Crippen LogP) is 3.18. The van der Waals surface area contributed by atoms with Crippen LogP contribution in [0.5, 0.6) is 0 Å². The number of halogens is 1. The maximum Gasteiger partial charge on any atom is 0.230 e. The molecular weight excluding hydrogens is 304 g/mol. The number of amides is 1. The van der Waals surface area contributed by atoms with Crippen LogP contribution in [0.1, 0.15) is 48.5 Å². The van der Waals surface area contributed by atoms with Gasteiger partial charge in [-0.05, 0) is 68.0 Å². The zero-order chi connectivity index (χ0) is 13.9. The SMILES string of the molecule is Cl.NCCC1CCCN(C(=O)C2CCCc3sccc32)C1. The largest absolute Gasteiger partial charge is 0.342 e. The number of nitrogens with zero attached hydrogens (tertiary/aromatic N) is 1. The fraction of sp³-hybridized carbons (Fsp3) is 0.688. The first-order chi connectivity index (χ1) is 9.79. The van der Waals surface area contributed by atoms with Gasteiger partial charge in [-0.3, -0.25) is 4.79 Å². The van der Waals surface area contributed by atoms with Crippen molar-refractivity contribution in [3.05, 3.63) is 21.9 Å². The molecule has 2 heterocycles. The second kappa shape index (κ2) is 7.61. The minimum Gasteiger partial charge on any atom is -0.342 e. The molecule has 1 aromatic rings. The van der Waals surface area contributed by atoms with E-state index in [1.807, 2.05) is 11.3 Å². The summed E-state index contributed by atoms with van der Waals surface area (Å²) >= 11 is 1.81. The van der Waals surface area contributed by atoms with Crippen LogP contribution >= 0.6 is 23.7 Å². The fourth-order valence-corrected chi connectivity index (χ4v) is 4.69. The van der Waals surface area contributed by atoms with Crippen LogP contribution in [0.15, 0.2) is 11.4 Å². The molecule has 3 rings (SSSR count). The molecule has 2 atom stereocenters. The minimum absolute atomic E-state index is 0. The van der Waals surface area contributed by atoms with Gasteiger partial charge in [0.15, 0.2) is 0 Å². The number of nitrogens with two attached hydrogens (primary N) is 1. The molecule has 0 spiro atoms. The van der Waals surface area contributed by atoms with E-state index in [4.69, 9.17) is 5.73 Å². The third kappa shape index (κ3) is 3.61. The number of hydrogen-bond acceptors (Lipinski definition) is 3. The summed E-state index contributed by atoms with van der Waals surface area (Å²) in [6.07, 6.45) is 6.77. The van der Waals surface area contributed by atoms with Crippen molar-refractivity contribution in [2.24, 2.45) is 11.7 Å². The van der Waals surface area contributed by atoms with Crippen molar-refractivity contribution in [1.29, 1.82) is 0 Å². The normalized spacial score (nSPS) is 25.1. The van der Waals surface area contributed by atoms with Crippen molar-refractivity contribution in [3.8, 4) is 0 Å². The lowest BCUT2D eigenvalue weighted by Crippen LogP contribution is -2.43. The molecule has 2 N–H and O–H groups in total. The predicted molar refractivity (Wildman–Crippen MR) is 90.2 cm³/mol. The molecule has 0 radical (unpaired) electrons. The van der Waals surface area contributed by atoms with Crippen molar-refractivity contribution < 1.29 is 4.79 Å². The van der Waals surface area contributed by atoms with Gasteiger partial charge in [-0.1, -0.05) is 0 Å². The molecule has 0 saturated carbocycles. The van der Waals surface area contributed by atoms with Gasteiger partial charge in [0.25, 0.3) is 0 Å². The summed E-state index contributed by atoms with van der Waals surface area (Å²) in [5.74, 6) is 1.11. The minimum atomic E-state index is 0. The van der Waals surface area contributed by atoms with Gasteiger partial charge in [-0.25, -0.2) is 0 Å². The molecule has 1 saturated heterocycles. The lowest BCUT2D eigenvalue weighted by Gasteiger charge is -2.36. The van der Waals surface area contributed by atoms with Crippen LogP contribution in [-0.4, -0.2) is 30.4 Å². The van der Waals surface area contributed by atoms with E-state index in [1.165, 1.54) is 16.9 Å². The number of hydrogen-bond donors (Lipinski definition) is 1. The smallest absolute Gasteiger partial charge is 0.230 e. The maximum absolute atomic E-state index is 12.9. The summed E-state index contributed by atoms with van der Waals surface area (Å²) in [6.45, 7) is 2.60. The molecule has 1 aliphatic heterocycles. The Balaban J connectivity index is 0.00000161. The number of thiophene rings is 1. The number of aryl methyl sites for hydroxylation is 1. The van der Waals surface area contributed by atoms with Gasteiger partial charge in [0.05, 0.1) is 5.92 Å². The number of carbonyl (C=O) groups is 1. The molecule has 2 aliphatic rings. The zero-order valence-electron chi connectivity index (χ0n) is 12.4. The van der Waals surface area contributed by atoms with Crippen LogP contribution in [-0.2, 0) is 11.2 Å². The van der Waals surface area contributed by atoms with Crippen molar-refractivity contribution in [3.63, 3.8) is 0 Å². The van der Waals surface area contributed by atoms with Crippen LogP contribution in [0, 0.1) is 5.92 Å². The molecule has 3 nitrogen and oxygen atoms in total. The van der Waals surface area contributed by atoms with Crippen molar-refractivity contribution in [2.45, 2.75) is 44.4 Å². The fourth-order valence-electron chi connectivity index (χ4n) is 3.70. The van der Waals surface area contributed by atoms with Crippen LogP contribution in [0.3, 0.4) is 0 Å². The molecule has 0 bridgehead atoms. The molecule has 1 amide bonds. The van der Waals surface area contributed by atoms with Crippen molar-refractivity contribution in [2.75, 3.05) is 19.6 Å². The Labute approximate surface area is 137 Å². The Kier molecular flexibility index (Phi) is 6.08. The Hall–Kier alpha value is -0.580. The highest BCUT2D eigenvalue weighted by atomic mass is 35.5. The standard InChI is InChI=1S/C16H24N2OS.ClH/c17-8-6-12-3-2-9-18(11-12)16(19)14-4-1-5-15-13(14)7-10-20-15;/h7,10,12,14H,1-6,8-9,11,17H2;1H. The number of rotatable bonds is 3. The Bertz CT molecular complexity index is 475. The van der Waals surface area contributed by atoms with Crippen LogP contribution in [0.25, 0.3) is 0 Å². The first-order valence-corrected chi connectivity index (χ1v) is 8.72. The Morgan fingerprint density at radius 1 is 1.38 bits per heavy atom. The van der Waals surface area contributed by atoms with Gasteiger partial charge >= 0.3 is 0 Å². The third-order valence-corrected chi connectivity index (χ3v) is 5.75. The van der Waals surface area contributed by atoms with Gasteiger partial charge in [0, 0.05) is 18.0 Å². The van der Waals surface area contributed by atoms with Gasteiger partial charge in [-0.2, -0.15) is 0 Å². The van der Waals surface area contributed by atoms with Crippen LogP contribution in [0.2, 0.25) is 0 Å². The van der Waals surface area contributed by atoms with E-state index in [0.717, 1.165) is 51.7 Å². The van der Waals surface area contributed by atoms with Gasteiger partial charge in [0.1, 0.15) is 0 Å². The lowest BCUT2D eigenvalue weighted by atomic mass is 9.85. The van der Waals surface area contributed by atoms with Crippen molar-refractivity contribution >= 4 is 29.7 Å². The molecule has 5 heteroatoms. The number of piperidine rings is 1. The number of carbonyl (C=O) groups excluding carboxylic acids is 1. The summed E-state index contributed by atoms with van der Waals surface area (Å²) in [4.78, 5) is 16.4. The first-order valence-electron chi connectivity index (χ1n) is 7.84. The quantitative estimate of drug-likeness (QED) is 0.926. The van der Waals surface area contributed by atoms with E-state index in [2.05, 4.69) is 16.3 Å². The van der Waals surface area contributed by atoms with Crippen LogP contribution in [0.4, 0.5) is 0 Å². The zero-order valence-corrected chi connectivity index (χ0v) is 14.1. The van der Waals surface area contributed by atoms with E-state index in [9.17, 15) is 4.79 Å². The van der Waals surface area contributed by atoms with E-state index in [1.54, 1.807) is 0 Å². The van der Waals surface area contributed by atoms with Crippen molar-refractivity contribution in [1.82, 2.24) is 4.90 Å². The lowest BCUT2D eigenvalue weighted by molar-refractivity contribution is -0.135. The second-order valence-corrected chi connectivity index (χ2v) is 7.11. The average molecular weight is 329 g/mol. The summed E-state index contributed by atoms with van der Waals surface area (Å²) < 4.78 is 0. The van der Waals surface area contributed by atoms with E-state index >= 15 is 0 Å². The molecular formula is C16H25ClN2OS. The molecule has 2 unspecified atom stereocenters. The second-order valence-electron chi connectivity index (χ2n) is 6.11. The Morgan fingerprint density at radius 2 is 2.24 bits per heavy atom. The van der Waals surface area contributed by atoms with Gasteiger partial charge < -0.3 is 10.6 Å². The van der Waals surface area contributed by atoms with Gasteiger partial charge in [-0.15, -0.1) is 23.7 Å². The first kappa shape index (κ1) is 16.8. The number of likely N-dealkylation sites (tertiary alicyclic amines) is 1. The highest BCUT2D eigenvalue weighted by Gasteiger charge is 2.32. The maximum atomic E-state index is 12.9. The topological polar surface area (TPSA) is 46.3 Å². The molecule has 21 heavy (non-hydrogen) atoms. The summed E-state index contributed by atoms with van der Waals surface area (Å²) in [6, 6.07) is 2.17. The van der Waals surface area contributed by atoms with E-state index < -0.39 is 0 Å². The summed E-state index contributed by atoms with van der Waals surface area (Å²) in [5, 5.41) is 2.14. The number of fused-ring (bicyclic) bond motifs is 1. The average Bonchev–Trinajstić information content (AvgIpc) is 2.95. The van der Waals surface area contributed by atoms with E-state index in [-0.39, 0.29) is 18.3 Å². The van der Waals surface area contributed by atoms with E-state index in [0.29, 0.717) is 11.8 Å². The van der Waals surface area contributed by atoms with Gasteiger partial charge in [0.2, 0.25) is 5.91 Å². The molecule has 1 aliphatic carbocycles. The Morgan fingerprint density at radius 3 is 3.05 bits per heavy atom. The molecule has 1 aromatic heterocycles. The highest BCUT2D eigenvalue weighted by Crippen LogP contribution is 2.36. The monoisotopic (exact) mass is 328 g/mol. The molecule has 0 aromatic carbocycles. The molecule has 118 valence electrons. The highest BCUT2D eigenvalue weighted by molar-refractivity contribution is 7.10. The summed E-state index contributed by atoms with van der Waals surface area (Å²) in [5.41, 5.74) is 6.98. The van der Waals surface area contributed by atoms with Crippen LogP contribution < -0.4 is 5.73 Å². The third-order valence-electron chi connectivity index (χ3n) is 4.76.